The second-order valence-corrected chi connectivity index (χ2v) is 7.03. The average Bonchev–Trinajstić information content (AvgIpc) is 3.36. The molecule has 0 radical (unpaired) electrons. The quantitative estimate of drug-likeness (QED) is 0.304. The molecule has 0 amide bonds. The highest BCUT2D eigenvalue weighted by Crippen LogP contribution is 2.40. The number of hydrogen-bond acceptors (Lipinski definition) is 11. The molecule has 4 aromatic rings. The Morgan fingerprint density at radius 2 is 1.51 bits per heavy atom. The van der Waals surface area contributed by atoms with Crippen LogP contribution < -0.4 is 24.8 Å². The van der Waals surface area contributed by atoms with Crippen LogP contribution in [0.4, 0.5) is 23.4 Å². The molecule has 3 N–H and O–H groups in total. The van der Waals surface area contributed by atoms with Crippen molar-refractivity contribution in [1.82, 2.24) is 25.1 Å². The third-order valence-corrected chi connectivity index (χ3v) is 4.93. The number of nitrogens with zero attached hydrogens (tertiary/aromatic N) is 4. The fraction of sp³-hybridized carbons (Fsp3) is 0.174. The lowest BCUT2D eigenvalue weighted by Crippen LogP contribution is -2.03. The summed E-state index contributed by atoms with van der Waals surface area (Å²) < 4.78 is 20.8. The molecule has 0 saturated heterocycles. The van der Waals surface area contributed by atoms with Crippen LogP contribution in [0.15, 0.2) is 48.8 Å². The van der Waals surface area contributed by atoms with Gasteiger partial charge in [-0.15, -0.1) is 0 Å². The van der Waals surface area contributed by atoms with Crippen molar-refractivity contribution in [1.29, 1.82) is 0 Å². The maximum Gasteiger partial charge on any atom is 0.337 e. The molecule has 0 fully saturated rings. The van der Waals surface area contributed by atoms with Crippen LogP contribution >= 0.6 is 0 Å². The number of H-pyrrole nitrogens is 1. The van der Waals surface area contributed by atoms with E-state index >= 15 is 0 Å². The molecule has 35 heavy (non-hydrogen) atoms. The van der Waals surface area contributed by atoms with Crippen molar-refractivity contribution in [3.05, 3.63) is 54.4 Å². The first-order chi connectivity index (χ1) is 17.0. The summed E-state index contributed by atoms with van der Waals surface area (Å²) in [6.45, 7) is 0. The van der Waals surface area contributed by atoms with Crippen LogP contribution in [0.3, 0.4) is 0 Å². The van der Waals surface area contributed by atoms with Crippen LogP contribution in [0.2, 0.25) is 0 Å². The predicted octanol–water partition coefficient (Wildman–Crippen LogP) is 3.56. The van der Waals surface area contributed by atoms with E-state index in [0.29, 0.717) is 40.3 Å². The maximum atomic E-state index is 11.6. The van der Waals surface area contributed by atoms with Gasteiger partial charge in [-0.2, -0.15) is 10.1 Å². The largest absolute Gasteiger partial charge is 0.493 e. The molecular weight excluding hydrogens is 454 g/mol. The molecule has 0 aliphatic rings. The first-order valence-corrected chi connectivity index (χ1v) is 10.3. The third-order valence-electron chi connectivity index (χ3n) is 4.93. The summed E-state index contributed by atoms with van der Waals surface area (Å²) in [6.07, 6.45) is 1.37. The van der Waals surface area contributed by atoms with E-state index in [1.807, 2.05) is 0 Å². The molecule has 2 aromatic heterocycles. The molecule has 0 aliphatic carbocycles. The van der Waals surface area contributed by atoms with Crippen molar-refractivity contribution >= 4 is 29.4 Å². The summed E-state index contributed by atoms with van der Waals surface area (Å²) in [5.74, 6) is 2.15. The van der Waals surface area contributed by atoms with Gasteiger partial charge in [-0.05, 0) is 17.7 Å². The Balaban J connectivity index is 1.49. The van der Waals surface area contributed by atoms with Gasteiger partial charge in [0.2, 0.25) is 17.6 Å². The number of aromatic nitrogens is 5. The number of carbonyl (C=O) groups is 1. The van der Waals surface area contributed by atoms with Gasteiger partial charge in [-0.25, -0.2) is 14.8 Å². The molecule has 0 bridgehead atoms. The first-order valence-electron chi connectivity index (χ1n) is 10.3. The minimum Gasteiger partial charge on any atom is -0.493 e. The normalized spacial score (nSPS) is 10.4. The second kappa shape index (κ2) is 10.4. The molecule has 0 saturated carbocycles. The number of hydrogen-bond donors (Lipinski definition) is 3. The molecule has 180 valence electrons. The van der Waals surface area contributed by atoms with Gasteiger partial charge in [-0.3, -0.25) is 5.10 Å². The van der Waals surface area contributed by atoms with E-state index in [-0.39, 0.29) is 5.95 Å². The summed E-state index contributed by atoms with van der Waals surface area (Å²) in [6, 6.07) is 12.2. The Bertz CT molecular complexity index is 1300. The van der Waals surface area contributed by atoms with Gasteiger partial charge in [0, 0.05) is 23.9 Å². The van der Waals surface area contributed by atoms with Crippen LogP contribution in [0, 0.1) is 0 Å². The predicted molar refractivity (Wildman–Crippen MR) is 128 cm³/mol. The lowest BCUT2D eigenvalue weighted by Gasteiger charge is -2.14. The van der Waals surface area contributed by atoms with Crippen molar-refractivity contribution in [3.63, 3.8) is 0 Å². The lowest BCUT2D eigenvalue weighted by molar-refractivity contribution is 0.0600. The highest BCUT2D eigenvalue weighted by molar-refractivity contribution is 5.89. The summed E-state index contributed by atoms with van der Waals surface area (Å²) >= 11 is 0. The summed E-state index contributed by atoms with van der Waals surface area (Å²) in [7, 11) is 5.96. The van der Waals surface area contributed by atoms with E-state index in [9.17, 15) is 4.79 Å². The zero-order valence-electron chi connectivity index (χ0n) is 19.4. The third kappa shape index (κ3) is 5.21. The Kier molecular flexibility index (Phi) is 6.91. The van der Waals surface area contributed by atoms with Crippen LogP contribution in [0.5, 0.6) is 17.2 Å². The number of methoxy groups -OCH3 is 4. The Labute approximate surface area is 200 Å². The van der Waals surface area contributed by atoms with Gasteiger partial charge < -0.3 is 29.6 Å². The minimum atomic E-state index is -0.394. The van der Waals surface area contributed by atoms with E-state index in [2.05, 4.69) is 35.8 Å². The molecule has 0 spiro atoms. The summed E-state index contributed by atoms with van der Waals surface area (Å²) in [4.78, 5) is 24.3. The molecule has 0 aliphatic heterocycles. The molecule has 0 atom stereocenters. The number of anilines is 4. The number of carbonyl (C=O) groups excluding carboxylic acids is 1. The fourth-order valence-corrected chi connectivity index (χ4v) is 3.25. The number of nitrogens with one attached hydrogen (secondary N) is 3. The van der Waals surface area contributed by atoms with Gasteiger partial charge in [-0.1, -0.05) is 12.1 Å². The standard InChI is InChI=1S/C23H23N7O5/c1-32-17-9-15(10-18(33-2)20(17)34-3)26-22-24-12-25-23(28-22)27-19-11-16(29-30-19)13-5-7-14(8-6-13)21(31)35-4/h5-12H,1-4H3,(H3,24,25,26,27,28,29,30). The van der Waals surface area contributed by atoms with Gasteiger partial charge in [0.05, 0.1) is 39.7 Å². The zero-order chi connectivity index (χ0) is 24.8. The number of aromatic amines is 1. The number of rotatable bonds is 9. The Hall–Kier alpha value is -4.87. The van der Waals surface area contributed by atoms with Crippen molar-refractivity contribution < 1.29 is 23.7 Å². The van der Waals surface area contributed by atoms with Gasteiger partial charge >= 0.3 is 5.97 Å². The molecule has 0 unspecified atom stereocenters. The summed E-state index contributed by atoms with van der Waals surface area (Å²) in [5, 5.41) is 13.3. The van der Waals surface area contributed by atoms with Crippen molar-refractivity contribution in [3.8, 4) is 28.5 Å². The molecule has 2 aromatic carbocycles. The lowest BCUT2D eigenvalue weighted by atomic mass is 10.1. The first kappa shape index (κ1) is 23.3. The molecule has 4 rings (SSSR count). The highest BCUT2D eigenvalue weighted by Gasteiger charge is 2.14. The second-order valence-electron chi connectivity index (χ2n) is 7.03. The van der Waals surface area contributed by atoms with E-state index < -0.39 is 5.97 Å². The van der Waals surface area contributed by atoms with Crippen molar-refractivity contribution in [2.24, 2.45) is 0 Å². The molecular formula is C23H23N7O5. The highest BCUT2D eigenvalue weighted by atomic mass is 16.5. The van der Waals surface area contributed by atoms with Gasteiger partial charge in [0.1, 0.15) is 6.33 Å². The molecule has 2 heterocycles. The van der Waals surface area contributed by atoms with Gasteiger partial charge in [0.25, 0.3) is 0 Å². The van der Waals surface area contributed by atoms with E-state index in [4.69, 9.17) is 18.9 Å². The van der Waals surface area contributed by atoms with E-state index in [1.54, 1.807) is 42.5 Å². The van der Waals surface area contributed by atoms with E-state index in [1.165, 1.54) is 34.8 Å². The van der Waals surface area contributed by atoms with Crippen LogP contribution in [0.1, 0.15) is 10.4 Å². The van der Waals surface area contributed by atoms with Gasteiger partial charge in [0.15, 0.2) is 17.3 Å². The summed E-state index contributed by atoms with van der Waals surface area (Å²) in [5.41, 5.74) is 2.69. The number of esters is 1. The smallest absolute Gasteiger partial charge is 0.337 e. The van der Waals surface area contributed by atoms with Crippen LogP contribution in [-0.2, 0) is 4.74 Å². The van der Waals surface area contributed by atoms with Crippen molar-refractivity contribution in [2.75, 3.05) is 39.1 Å². The number of ether oxygens (including phenoxy) is 4. The van der Waals surface area contributed by atoms with Crippen LogP contribution in [0.25, 0.3) is 11.3 Å². The van der Waals surface area contributed by atoms with Crippen molar-refractivity contribution in [2.45, 2.75) is 0 Å². The Morgan fingerprint density at radius 3 is 2.11 bits per heavy atom. The molecule has 12 heteroatoms. The zero-order valence-corrected chi connectivity index (χ0v) is 19.4. The monoisotopic (exact) mass is 477 g/mol. The molecule has 12 nitrogen and oxygen atoms in total. The average molecular weight is 477 g/mol. The minimum absolute atomic E-state index is 0.286. The SMILES string of the molecule is COC(=O)c1ccc(-c2cc(Nc3ncnc(Nc4cc(OC)c(OC)c(OC)c4)n3)n[nH]2)cc1. The maximum absolute atomic E-state index is 11.6. The van der Waals surface area contributed by atoms with Crippen LogP contribution in [-0.4, -0.2) is 59.6 Å². The number of benzene rings is 2. The Morgan fingerprint density at radius 1 is 0.857 bits per heavy atom. The van der Waals surface area contributed by atoms with E-state index in [0.717, 1.165) is 11.3 Å². The topological polar surface area (TPSA) is 145 Å². The fourth-order valence-electron chi connectivity index (χ4n) is 3.25.